The van der Waals surface area contributed by atoms with Gasteiger partial charge in [-0.2, -0.15) is 13.2 Å². The topological polar surface area (TPSA) is 73.4 Å². The third-order valence-electron chi connectivity index (χ3n) is 5.05. The Labute approximate surface area is 189 Å². The number of nitrogens with zero attached hydrogens (tertiary/aromatic N) is 4. The number of carbonyl (C=O) groups excluding carboxylic acids is 1. The molecular formula is C22H37F3N6O. The van der Waals surface area contributed by atoms with Gasteiger partial charge in [0.15, 0.2) is 0 Å². The lowest BCUT2D eigenvalue weighted by molar-refractivity contribution is -0.141. The van der Waals surface area contributed by atoms with Crippen molar-refractivity contribution < 1.29 is 18.0 Å². The summed E-state index contributed by atoms with van der Waals surface area (Å²) in [6.45, 7) is 15.5. The van der Waals surface area contributed by atoms with Crippen molar-refractivity contribution in [1.82, 2.24) is 25.5 Å². The zero-order valence-electron chi connectivity index (χ0n) is 20.1. The molecule has 2 N–H and O–H groups in total. The van der Waals surface area contributed by atoms with E-state index in [1.54, 1.807) is 0 Å². The van der Waals surface area contributed by atoms with Crippen molar-refractivity contribution in [2.45, 2.75) is 71.5 Å². The fourth-order valence-corrected chi connectivity index (χ4v) is 3.32. The molecular weight excluding hydrogens is 421 g/mol. The summed E-state index contributed by atoms with van der Waals surface area (Å²) in [5.74, 6) is 0.540. The van der Waals surface area contributed by atoms with Gasteiger partial charge in [0.1, 0.15) is 17.3 Å². The Morgan fingerprint density at radius 3 is 2.16 bits per heavy atom. The lowest BCUT2D eigenvalue weighted by atomic mass is 9.95. The van der Waals surface area contributed by atoms with E-state index < -0.39 is 17.3 Å². The number of urea groups is 1. The summed E-state index contributed by atoms with van der Waals surface area (Å²) >= 11 is 0. The quantitative estimate of drug-likeness (QED) is 0.635. The van der Waals surface area contributed by atoms with Crippen molar-refractivity contribution in [3.63, 3.8) is 0 Å². The maximum atomic E-state index is 13.4. The average molecular weight is 459 g/mol. The number of anilines is 1. The first-order chi connectivity index (χ1) is 14.6. The van der Waals surface area contributed by atoms with E-state index in [0.29, 0.717) is 25.5 Å². The van der Waals surface area contributed by atoms with E-state index in [9.17, 15) is 18.0 Å². The molecule has 7 nitrogen and oxygen atoms in total. The number of aromatic nitrogens is 2. The molecule has 10 heteroatoms. The summed E-state index contributed by atoms with van der Waals surface area (Å²) in [6, 6.07) is 0.892. The van der Waals surface area contributed by atoms with E-state index in [1.165, 1.54) is 0 Å². The van der Waals surface area contributed by atoms with Gasteiger partial charge in [0.05, 0.1) is 0 Å². The number of halogens is 3. The van der Waals surface area contributed by atoms with Gasteiger partial charge in [-0.25, -0.2) is 14.8 Å². The number of nitrogens with one attached hydrogen (secondary N) is 2. The molecule has 2 amide bonds. The average Bonchev–Trinajstić information content (AvgIpc) is 2.65. The lowest BCUT2D eigenvalue weighted by Gasteiger charge is -2.36. The fourth-order valence-electron chi connectivity index (χ4n) is 3.32. The molecule has 1 aromatic heterocycles. The predicted molar refractivity (Wildman–Crippen MR) is 120 cm³/mol. The Hall–Kier alpha value is -2.10. The van der Waals surface area contributed by atoms with Crippen LogP contribution in [0.3, 0.4) is 0 Å². The van der Waals surface area contributed by atoms with Gasteiger partial charge in [0, 0.05) is 49.7 Å². The zero-order valence-corrected chi connectivity index (χ0v) is 20.1. The van der Waals surface area contributed by atoms with Crippen molar-refractivity contribution in [3.05, 3.63) is 17.6 Å². The van der Waals surface area contributed by atoms with Crippen molar-refractivity contribution in [2.75, 3.05) is 44.2 Å². The highest BCUT2D eigenvalue weighted by atomic mass is 19.4. The summed E-state index contributed by atoms with van der Waals surface area (Å²) in [5.41, 5.74) is -1.73. The van der Waals surface area contributed by atoms with Gasteiger partial charge in [-0.1, -0.05) is 20.8 Å². The van der Waals surface area contributed by atoms with Crippen molar-refractivity contribution in [1.29, 1.82) is 0 Å². The van der Waals surface area contributed by atoms with Crippen LogP contribution in [-0.4, -0.2) is 65.7 Å². The van der Waals surface area contributed by atoms with Gasteiger partial charge in [0.25, 0.3) is 0 Å². The molecule has 1 aliphatic heterocycles. The number of alkyl halides is 3. The predicted octanol–water partition coefficient (Wildman–Crippen LogP) is 3.79. The molecule has 1 fully saturated rings. The normalized spacial score (nSPS) is 16.2. The number of piperazine rings is 1. The molecule has 32 heavy (non-hydrogen) atoms. The van der Waals surface area contributed by atoms with Crippen LogP contribution < -0.4 is 15.5 Å². The standard InChI is InChI=1S/C22H37F3N6O/c1-20(2,3)18-27-16(22(23,24)25)15-17(28-18)31-13-11-30(12-14-31)10-8-7-9-26-19(32)29-21(4,5)6/h15H,7-14H2,1-6H3,(H2,26,29,32). The number of carbonyl (C=O) groups is 1. The minimum atomic E-state index is -4.50. The maximum absolute atomic E-state index is 13.4. The van der Waals surface area contributed by atoms with Gasteiger partial charge in [-0.15, -0.1) is 0 Å². The van der Waals surface area contributed by atoms with Crippen LogP contribution >= 0.6 is 0 Å². The van der Waals surface area contributed by atoms with Gasteiger partial charge < -0.3 is 15.5 Å². The molecule has 1 aliphatic rings. The van der Waals surface area contributed by atoms with E-state index in [2.05, 4.69) is 25.5 Å². The maximum Gasteiger partial charge on any atom is 0.433 e. The third kappa shape index (κ3) is 8.44. The number of hydrogen-bond acceptors (Lipinski definition) is 5. The largest absolute Gasteiger partial charge is 0.433 e. The Morgan fingerprint density at radius 2 is 1.62 bits per heavy atom. The molecule has 0 unspecified atom stereocenters. The van der Waals surface area contributed by atoms with Gasteiger partial charge in [-0.3, -0.25) is 4.90 Å². The molecule has 0 atom stereocenters. The number of amides is 2. The number of hydrogen-bond donors (Lipinski definition) is 2. The van der Waals surface area contributed by atoms with Crippen LogP contribution in [-0.2, 0) is 11.6 Å². The van der Waals surface area contributed by atoms with Crippen LogP contribution in [0.15, 0.2) is 6.07 Å². The smallest absolute Gasteiger partial charge is 0.354 e. The zero-order chi connectivity index (χ0) is 24.2. The molecule has 0 aliphatic carbocycles. The van der Waals surface area contributed by atoms with E-state index in [0.717, 1.165) is 38.5 Å². The van der Waals surface area contributed by atoms with Crippen LogP contribution in [0.25, 0.3) is 0 Å². The minimum absolute atomic E-state index is 0.163. The first kappa shape index (κ1) is 26.2. The lowest BCUT2D eigenvalue weighted by Crippen LogP contribution is -2.47. The molecule has 0 spiro atoms. The van der Waals surface area contributed by atoms with Crippen LogP contribution in [0.1, 0.15) is 65.9 Å². The SMILES string of the molecule is CC(C)(C)NC(=O)NCCCCN1CCN(c2cc(C(F)(F)F)nc(C(C)(C)C)n2)CC1. The second-order valence-electron chi connectivity index (χ2n) is 10.3. The highest BCUT2D eigenvalue weighted by Gasteiger charge is 2.36. The van der Waals surface area contributed by atoms with Gasteiger partial charge >= 0.3 is 12.2 Å². The van der Waals surface area contributed by atoms with E-state index in [1.807, 2.05) is 46.4 Å². The molecule has 2 rings (SSSR count). The second kappa shape index (κ2) is 10.2. The van der Waals surface area contributed by atoms with Gasteiger partial charge in [0.2, 0.25) is 0 Å². The Bertz CT molecular complexity index is 730. The number of rotatable bonds is 6. The highest BCUT2D eigenvalue weighted by molar-refractivity contribution is 5.74. The van der Waals surface area contributed by atoms with Crippen LogP contribution in [0.2, 0.25) is 0 Å². The molecule has 2 heterocycles. The summed E-state index contributed by atoms with van der Waals surface area (Å²) in [5, 5.41) is 5.72. The Balaban J connectivity index is 1.83. The molecule has 182 valence electrons. The monoisotopic (exact) mass is 458 g/mol. The van der Waals surface area contributed by atoms with E-state index in [4.69, 9.17) is 0 Å². The summed E-state index contributed by atoms with van der Waals surface area (Å²) in [6.07, 6.45) is -2.69. The van der Waals surface area contributed by atoms with Crippen LogP contribution in [0.5, 0.6) is 0 Å². The van der Waals surface area contributed by atoms with Gasteiger partial charge in [-0.05, 0) is 40.2 Å². The summed E-state index contributed by atoms with van der Waals surface area (Å²) in [7, 11) is 0. The molecule has 0 radical (unpaired) electrons. The molecule has 1 aromatic rings. The first-order valence-corrected chi connectivity index (χ1v) is 11.2. The Kier molecular flexibility index (Phi) is 8.36. The first-order valence-electron chi connectivity index (χ1n) is 11.2. The van der Waals surface area contributed by atoms with E-state index >= 15 is 0 Å². The van der Waals surface area contributed by atoms with Crippen LogP contribution in [0.4, 0.5) is 23.8 Å². The van der Waals surface area contributed by atoms with E-state index in [-0.39, 0.29) is 17.4 Å². The molecule has 1 saturated heterocycles. The van der Waals surface area contributed by atoms with Crippen molar-refractivity contribution >= 4 is 11.8 Å². The minimum Gasteiger partial charge on any atom is -0.354 e. The molecule has 0 bridgehead atoms. The highest BCUT2D eigenvalue weighted by Crippen LogP contribution is 2.32. The molecule has 0 saturated carbocycles. The number of unbranched alkanes of at least 4 members (excludes halogenated alkanes) is 1. The van der Waals surface area contributed by atoms with Crippen molar-refractivity contribution in [3.8, 4) is 0 Å². The third-order valence-corrected chi connectivity index (χ3v) is 5.05. The summed E-state index contributed by atoms with van der Waals surface area (Å²) in [4.78, 5) is 24.2. The molecule has 0 aromatic carbocycles. The Morgan fingerprint density at radius 1 is 1.00 bits per heavy atom. The summed E-state index contributed by atoms with van der Waals surface area (Å²) < 4.78 is 40.1. The fraction of sp³-hybridized carbons (Fsp3) is 0.773. The van der Waals surface area contributed by atoms with Crippen molar-refractivity contribution in [2.24, 2.45) is 0 Å². The van der Waals surface area contributed by atoms with Crippen LogP contribution in [0, 0.1) is 0 Å². The second-order valence-corrected chi connectivity index (χ2v) is 10.3.